The molecule has 0 fully saturated rings. The molecule has 0 aromatic heterocycles. The monoisotopic (exact) mass is 357 g/mol. The van der Waals surface area contributed by atoms with Crippen LogP contribution < -0.4 is 5.43 Å². The third-order valence-electron chi connectivity index (χ3n) is 3.97. The average Bonchev–Trinajstić information content (AvgIpc) is 2.64. The molecule has 0 saturated heterocycles. The molecule has 1 heterocycles. The summed E-state index contributed by atoms with van der Waals surface area (Å²) >= 11 is 0. The number of nitrogens with one attached hydrogen (secondary N) is 1. The lowest BCUT2D eigenvalue weighted by molar-refractivity contribution is -0.127. The molecule has 0 aliphatic carbocycles. The van der Waals surface area contributed by atoms with E-state index in [2.05, 4.69) is 20.8 Å². The third kappa shape index (κ3) is 4.75. The highest BCUT2D eigenvalue weighted by atomic mass is 16.3. The zero-order valence-electron chi connectivity index (χ0n) is 15.2. The standard InChI is InChI=1S/C18H23N5O3/c1-4-23(5-2)18(26)17(12(3)24)22-19-14-8-6-13(7-9-14)15-10-11-16(25)21-20-15/h6-9,24H,4-5,10-11H2,1-3H3,(H,21,25). The molecule has 1 aliphatic rings. The van der Waals surface area contributed by atoms with Gasteiger partial charge >= 0.3 is 0 Å². The van der Waals surface area contributed by atoms with Gasteiger partial charge < -0.3 is 10.0 Å². The molecule has 0 spiro atoms. The molecule has 0 radical (unpaired) electrons. The number of allylic oxidation sites excluding steroid dienone is 1. The Morgan fingerprint density at radius 2 is 1.88 bits per heavy atom. The minimum absolute atomic E-state index is 0.0721. The topological polar surface area (TPSA) is 107 Å². The van der Waals surface area contributed by atoms with Crippen LogP contribution in [0.15, 0.2) is 51.1 Å². The Hall–Kier alpha value is -3.03. The van der Waals surface area contributed by atoms with Crippen LogP contribution in [0.4, 0.5) is 5.69 Å². The molecule has 0 atom stereocenters. The summed E-state index contributed by atoms with van der Waals surface area (Å²) < 4.78 is 0. The summed E-state index contributed by atoms with van der Waals surface area (Å²) in [6.07, 6.45) is 0.999. The van der Waals surface area contributed by atoms with Gasteiger partial charge in [-0.25, -0.2) is 5.43 Å². The number of nitrogens with zero attached hydrogens (tertiary/aromatic N) is 4. The molecule has 0 saturated carbocycles. The van der Waals surface area contributed by atoms with Gasteiger partial charge in [0.15, 0.2) is 5.70 Å². The van der Waals surface area contributed by atoms with Crippen LogP contribution >= 0.6 is 0 Å². The van der Waals surface area contributed by atoms with E-state index in [-0.39, 0.29) is 23.3 Å². The summed E-state index contributed by atoms with van der Waals surface area (Å²) in [7, 11) is 0. The van der Waals surface area contributed by atoms with E-state index in [0.717, 1.165) is 11.3 Å². The smallest absolute Gasteiger partial charge is 0.277 e. The Labute approximate surface area is 152 Å². The number of carbonyl (C=O) groups is 2. The Morgan fingerprint density at radius 1 is 1.23 bits per heavy atom. The van der Waals surface area contributed by atoms with Crippen molar-refractivity contribution in [1.82, 2.24) is 10.3 Å². The van der Waals surface area contributed by atoms with Crippen LogP contribution in [0.3, 0.4) is 0 Å². The number of hydrogen-bond donors (Lipinski definition) is 2. The Bertz CT molecular complexity index is 758. The van der Waals surface area contributed by atoms with Crippen molar-refractivity contribution in [2.75, 3.05) is 13.1 Å². The number of aliphatic hydroxyl groups is 1. The van der Waals surface area contributed by atoms with Crippen LogP contribution in [0.1, 0.15) is 39.2 Å². The quantitative estimate of drug-likeness (QED) is 0.464. The van der Waals surface area contributed by atoms with Gasteiger partial charge in [-0.3, -0.25) is 9.59 Å². The molecule has 8 nitrogen and oxygen atoms in total. The first-order valence-corrected chi connectivity index (χ1v) is 8.53. The fraction of sp³-hybridized carbons (Fsp3) is 0.389. The Kier molecular flexibility index (Phi) is 6.60. The minimum Gasteiger partial charge on any atom is -0.510 e. The van der Waals surface area contributed by atoms with E-state index in [9.17, 15) is 14.7 Å². The van der Waals surface area contributed by atoms with E-state index in [4.69, 9.17) is 0 Å². The van der Waals surface area contributed by atoms with E-state index in [1.165, 1.54) is 6.92 Å². The SMILES string of the molecule is CCN(CC)C(=O)C(N=Nc1ccc(C2=NNC(=O)CC2)cc1)=C(C)O. The highest BCUT2D eigenvalue weighted by Crippen LogP contribution is 2.19. The normalized spacial score (nSPS) is 15.3. The van der Waals surface area contributed by atoms with E-state index in [1.807, 2.05) is 26.0 Å². The summed E-state index contributed by atoms with van der Waals surface area (Å²) in [5.74, 6) is -0.618. The van der Waals surface area contributed by atoms with Crippen molar-refractivity contribution >= 4 is 23.2 Å². The lowest BCUT2D eigenvalue weighted by atomic mass is 10.0. The van der Waals surface area contributed by atoms with E-state index in [1.54, 1.807) is 17.0 Å². The molecule has 2 rings (SSSR count). The van der Waals surface area contributed by atoms with Crippen LogP contribution in [-0.2, 0) is 9.59 Å². The number of benzene rings is 1. The minimum atomic E-state index is -0.359. The molecule has 1 aromatic carbocycles. The molecule has 8 heteroatoms. The molecule has 0 bridgehead atoms. The van der Waals surface area contributed by atoms with Gasteiger partial charge in [0.1, 0.15) is 5.76 Å². The van der Waals surface area contributed by atoms with E-state index in [0.29, 0.717) is 31.6 Å². The fourth-order valence-corrected chi connectivity index (χ4v) is 2.44. The first-order chi connectivity index (χ1) is 12.5. The number of azo groups is 1. The van der Waals surface area contributed by atoms with Gasteiger partial charge in [-0.1, -0.05) is 12.1 Å². The van der Waals surface area contributed by atoms with Gasteiger partial charge in [-0.2, -0.15) is 10.2 Å². The molecular weight excluding hydrogens is 334 g/mol. The number of carbonyl (C=O) groups excluding carboxylic acids is 2. The summed E-state index contributed by atoms with van der Waals surface area (Å²) in [6, 6.07) is 7.13. The lowest BCUT2D eigenvalue weighted by Crippen LogP contribution is -2.31. The van der Waals surface area contributed by atoms with Crippen LogP contribution in [0.2, 0.25) is 0 Å². The molecule has 0 unspecified atom stereocenters. The first kappa shape index (κ1) is 19.3. The maximum absolute atomic E-state index is 12.4. The number of aliphatic hydroxyl groups excluding tert-OH is 1. The van der Waals surface area contributed by atoms with Crippen LogP contribution in [0.5, 0.6) is 0 Å². The van der Waals surface area contributed by atoms with Gasteiger partial charge in [0, 0.05) is 25.9 Å². The number of rotatable bonds is 6. The molecule has 1 aliphatic heterocycles. The second-order valence-corrected chi connectivity index (χ2v) is 5.75. The molecule has 26 heavy (non-hydrogen) atoms. The van der Waals surface area contributed by atoms with Crippen LogP contribution in [0.25, 0.3) is 0 Å². The van der Waals surface area contributed by atoms with Crippen LogP contribution in [-0.4, -0.2) is 40.6 Å². The number of likely N-dealkylation sites (N-methyl/N-ethyl adjacent to an activating group) is 1. The van der Waals surface area contributed by atoms with E-state index < -0.39 is 0 Å². The first-order valence-electron chi connectivity index (χ1n) is 8.53. The fourth-order valence-electron chi connectivity index (χ4n) is 2.44. The van der Waals surface area contributed by atoms with Crippen molar-refractivity contribution in [3.05, 3.63) is 41.3 Å². The van der Waals surface area contributed by atoms with Gasteiger partial charge in [0.05, 0.1) is 11.4 Å². The lowest BCUT2D eigenvalue weighted by Gasteiger charge is -2.18. The van der Waals surface area contributed by atoms with Crippen molar-refractivity contribution in [3.8, 4) is 0 Å². The molecule has 1 aromatic rings. The second-order valence-electron chi connectivity index (χ2n) is 5.75. The summed E-state index contributed by atoms with van der Waals surface area (Å²) in [5.41, 5.74) is 4.62. The van der Waals surface area contributed by atoms with Crippen molar-refractivity contribution < 1.29 is 14.7 Å². The molecule has 138 valence electrons. The maximum atomic E-state index is 12.4. The van der Waals surface area contributed by atoms with Gasteiger partial charge in [-0.15, -0.1) is 5.11 Å². The Morgan fingerprint density at radius 3 is 2.38 bits per heavy atom. The predicted octanol–water partition coefficient (Wildman–Crippen LogP) is 3.04. The number of amides is 2. The summed E-state index contributed by atoms with van der Waals surface area (Å²) in [5, 5.41) is 21.8. The molecular formula is C18H23N5O3. The zero-order valence-corrected chi connectivity index (χ0v) is 15.2. The van der Waals surface area contributed by atoms with Crippen molar-refractivity contribution in [3.63, 3.8) is 0 Å². The number of hydrazone groups is 1. The van der Waals surface area contributed by atoms with Crippen molar-refractivity contribution in [2.45, 2.75) is 33.6 Å². The zero-order chi connectivity index (χ0) is 19.1. The molecule has 2 amide bonds. The average molecular weight is 357 g/mol. The molecule has 2 N–H and O–H groups in total. The van der Waals surface area contributed by atoms with Crippen molar-refractivity contribution in [1.29, 1.82) is 0 Å². The summed E-state index contributed by atoms with van der Waals surface area (Å²) in [4.78, 5) is 25.1. The third-order valence-corrected chi connectivity index (χ3v) is 3.97. The van der Waals surface area contributed by atoms with E-state index >= 15 is 0 Å². The second kappa shape index (κ2) is 8.89. The largest absolute Gasteiger partial charge is 0.510 e. The van der Waals surface area contributed by atoms with Crippen LogP contribution in [0, 0.1) is 0 Å². The van der Waals surface area contributed by atoms with Gasteiger partial charge in [0.25, 0.3) is 5.91 Å². The summed E-state index contributed by atoms with van der Waals surface area (Å²) in [6.45, 7) is 6.17. The maximum Gasteiger partial charge on any atom is 0.277 e. The predicted molar refractivity (Wildman–Crippen MR) is 98.1 cm³/mol. The van der Waals surface area contributed by atoms with Gasteiger partial charge in [-0.05, 0) is 38.5 Å². The highest BCUT2D eigenvalue weighted by molar-refractivity contribution is 6.04. The number of hydrogen-bond acceptors (Lipinski definition) is 6. The van der Waals surface area contributed by atoms with Gasteiger partial charge in [0.2, 0.25) is 5.91 Å². The highest BCUT2D eigenvalue weighted by Gasteiger charge is 2.18. The van der Waals surface area contributed by atoms with Crippen molar-refractivity contribution in [2.24, 2.45) is 15.3 Å². The Balaban J connectivity index is 2.15.